The highest BCUT2D eigenvalue weighted by Crippen LogP contribution is 2.50. The van der Waals surface area contributed by atoms with Crippen molar-refractivity contribution < 1.29 is 24.6 Å². The van der Waals surface area contributed by atoms with Crippen LogP contribution in [0.4, 0.5) is 0 Å². The average molecular weight is 365 g/mol. The number of nitrogens with zero attached hydrogens (tertiary/aromatic N) is 1. The van der Waals surface area contributed by atoms with Gasteiger partial charge in [-0.2, -0.15) is 0 Å². The van der Waals surface area contributed by atoms with Gasteiger partial charge in [-0.05, 0) is 31.5 Å². The second-order valence-corrected chi connectivity index (χ2v) is 8.42. The van der Waals surface area contributed by atoms with Gasteiger partial charge in [0, 0.05) is 4.75 Å². The van der Waals surface area contributed by atoms with Gasteiger partial charge in [-0.25, -0.2) is 4.79 Å². The summed E-state index contributed by atoms with van der Waals surface area (Å²) in [5.41, 5.74) is 6.41. The SMILES string of the molecule is CC1(C)SC2C(NC(=O)[C@H](N)c3ccc(O)cc3)C(=O)N2[C@@H]1C(=O)O. The van der Waals surface area contributed by atoms with Crippen molar-refractivity contribution >= 4 is 29.5 Å². The summed E-state index contributed by atoms with van der Waals surface area (Å²) in [6.45, 7) is 3.53. The van der Waals surface area contributed by atoms with Crippen molar-refractivity contribution in [3.8, 4) is 5.75 Å². The van der Waals surface area contributed by atoms with Crippen LogP contribution in [0.15, 0.2) is 24.3 Å². The first-order valence-corrected chi connectivity index (χ1v) is 8.59. The Morgan fingerprint density at radius 1 is 1.32 bits per heavy atom. The fraction of sp³-hybridized carbons (Fsp3) is 0.438. The molecule has 4 atom stereocenters. The van der Waals surface area contributed by atoms with Crippen LogP contribution >= 0.6 is 11.8 Å². The topological polar surface area (TPSA) is 133 Å². The van der Waals surface area contributed by atoms with Gasteiger partial charge in [-0.3, -0.25) is 9.59 Å². The standard InChI is InChI=1S/C16H19N3O5S/c1-16(2)11(15(23)24)19-13(22)10(14(19)25-16)18-12(21)9(17)7-3-5-8(20)6-4-7/h3-6,9-11,14,20H,17H2,1-2H3,(H,18,21)(H,23,24)/t9-,10?,11-,14?/m1/s1. The zero-order valence-corrected chi connectivity index (χ0v) is 14.5. The van der Waals surface area contributed by atoms with Gasteiger partial charge in [0.1, 0.15) is 29.2 Å². The summed E-state index contributed by atoms with van der Waals surface area (Å²) in [4.78, 5) is 37.5. The van der Waals surface area contributed by atoms with E-state index in [0.717, 1.165) is 0 Å². The Hall–Kier alpha value is -2.26. The minimum atomic E-state index is -1.06. The number of carboxylic acid groups (broad SMARTS) is 1. The molecule has 9 heteroatoms. The molecule has 0 aromatic heterocycles. The third-order valence-electron chi connectivity index (χ3n) is 4.51. The number of hydrogen-bond acceptors (Lipinski definition) is 6. The maximum absolute atomic E-state index is 12.3. The van der Waals surface area contributed by atoms with Gasteiger partial charge < -0.3 is 26.2 Å². The maximum Gasteiger partial charge on any atom is 0.327 e. The quantitative estimate of drug-likeness (QED) is 0.553. The van der Waals surface area contributed by atoms with E-state index in [9.17, 15) is 24.6 Å². The molecule has 3 rings (SSSR count). The molecule has 2 unspecified atom stereocenters. The molecule has 2 fully saturated rings. The number of carbonyl (C=O) groups is 3. The first kappa shape index (κ1) is 17.6. The summed E-state index contributed by atoms with van der Waals surface area (Å²) in [5, 5.41) is 20.9. The number of amides is 2. The van der Waals surface area contributed by atoms with Crippen molar-refractivity contribution in [3.63, 3.8) is 0 Å². The van der Waals surface area contributed by atoms with Crippen LogP contribution in [0.5, 0.6) is 5.75 Å². The van der Waals surface area contributed by atoms with E-state index in [0.29, 0.717) is 5.56 Å². The van der Waals surface area contributed by atoms with Crippen LogP contribution in [0, 0.1) is 0 Å². The number of hydrogen-bond donors (Lipinski definition) is 4. The van der Waals surface area contributed by atoms with E-state index >= 15 is 0 Å². The molecule has 1 aromatic carbocycles. The molecular formula is C16H19N3O5S. The number of rotatable bonds is 4. The van der Waals surface area contributed by atoms with E-state index in [1.54, 1.807) is 13.8 Å². The average Bonchev–Trinajstić information content (AvgIpc) is 2.80. The Labute approximate surface area is 148 Å². The number of phenolic OH excluding ortho intramolecular Hbond substituents is 1. The molecule has 134 valence electrons. The second kappa shape index (κ2) is 5.92. The number of nitrogens with two attached hydrogens (primary N) is 1. The summed E-state index contributed by atoms with van der Waals surface area (Å²) in [6.07, 6.45) is 0. The molecule has 2 aliphatic rings. The summed E-state index contributed by atoms with van der Waals surface area (Å²) in [5.74, 6) is -1.94. The van der Waals surface area contributed by atoms with Crippen LogP contribution in [-0.2, 0) is 14.4 Å². The van der Waals surface area contributed by atoms with Crippen molar-refractivity contribution in [1.29, 1.82) is 0 Å². The number of benzene rings is 1. The highest BCUT2D eigenvalue weighted by Gasteiger charge is 2.64. The predicted octanol–water partition coefficient (Wildman–Crippen LogP) is 0.0237. The van der Waals surface area contributed by atoms with Gasteiger partial charge in [-0.15, -0.1) is 11.8 Å². The number of carboxylic acids is 1. The molecule has 2 heterocycles. The van der Waals surface area contributed by atoms with Crippen molar-refractivity contribution in [3.05, 3.63) is 29.8 Å². The van der Waals surface area contributed by atoms with E-state index in [2.05, 4.69) is 5.32 Å². The Balaban J connectivity index is 1.70. The third kappa shape index (κ3) is 2.83. The van der Waals surface area contributed by atoms with Gasteiger partial charge in [0.05, 0.1) is 0 Å². The number of nitrogens with one attached hydrogen (secondary N) is 1. The van der Waals surface area contributed by atoms with Crippen LogP contribution < -0.4 is 11.1 Å². The number of aromatic hydroxyl groups is 1. The summed E-state index contributed by atoms with van der Waals surface area (Å²) < 4.78 is -0.648. The van der Waals surface area contributed by atoms with Crippen molar-refractivity contribution in [2.45, 2.75) is 42.1 Å². The molecule has 5 N–H and O–H groups in total. The van der Waals surface area contributed by atoms with Crippen molar-refractivity contribution in [2.24, 2.45) is 5.73 Å². The molecule has 0 aliphatic carbocycles. The monoisotopic (exact) mass is 365 g/mol. The lowest BCUT2D eigenvalue weighted by molar-refractivity contribution is -0.161. The van der Waals surface area contributed by atoms with Gasteiger partial charge in [0.25, 0.3) is 0 Å². The highest BCUT2D eigenvalue weighted by atomic mass is 32.2. The molecule has 1 aromatic rings. The van der Waals surface area contributed by atoms with Crippen LogP contribution in [-0.4, -0.2) is 55.1 Å². The lowest BCUT2D eigenvalue weighted by atomic mass is 9.95. The van der Waals surface area contributed by atoms with E-state index in [1.165, 1.54) is 40.9 Å². The molecule has 8 nitrogen and oxygen atoms in total. The maximum atomic E-state index is 12.3. The van der Waals surface area contributed by atoms with Crippen LogP contribution in [0.3, 0.4) is 0 Å². The number of thioether (sulfide) groups is 1. The molecule has 0 bridgehead atoms. The predicted molar refractivity (Wildman–Crippen MR) is 90.7 cm³/mol. The Morgan fingerprint density at radius 3 is 2.48 bits per heavy atom. The minimum absolute atomic E-state index is 0.0606. The van der Waals surface area contributed by atoms with Crippen LogP contribution in [0.1, 0.15) is 25.5 Å². The Bertz CT molecular complexity index is 736. The summed E-state index contributed by atoms with van der Waals surface area (Å²) in [6, 6.07) is 3.21. The molecule has 25 heavy (non-hydrogen) atoms. The fourth-order valence-electron chi connectivity index (χ4n) is 3.22. The van der Waals surface area contributed by atoms with Gasteiger partial charge >= 0.3 is 5.97 Å². The molecule has 2 saturated heterocycles. The van der Waals surface area contributed by atoms with E-state index < -0.39 is 46.0 Å². The number of β-lactam (4-membered cyclic amide) rings is 1. The molecular weight excluding hydrogens is 346 g/mol. The van der Waals surface area contributed by atoms with Gasteiger partial charge in [-0.1, -0.05) is 12.1 Å². The van der Waals surface area contributed by atoms with E-state index in [1.807, 2.05) is 0 Å². The van der Waals surface area contributed by atoms with Crippen LogP contribution in [0.2, 0.25) is 0 Å². The second-order valence-electron chi connectivity index (χ2n) is 6.65. The highest BCUT2D eigenvalue weighted by molar-refractivity contribution is 8.01. The van der Waals surface area contributed by atoms with Crippen molar-refractivity contribution in [1.82, 2.24) is 10.2 Å². The van der Waals surface area contributed by atoms with Crippen molar-refractivity contribution in [2.75, 3.05) is 0 Å². The summed E-state index contributed by atoms with van der Waals surface area (Å²) in [7, 11) is 0. The molecule has 2 amide bonds. The Kier molecular flexibility index (Phi) is 4.16. The molecule has 2 aliphatic heterocycles. The first-order chi connectivity index (χ1) is 11.6. The molecule has 0 spiro atoms. The third-order valence-corrected chi connectivity index (χ3v) is 6.08. The molecule has 0 radical (unpaired) electrons. The molecule has 0 saturated carbocycles. The number of carbonyl (C=O) groups excluding carboxylic acids is 2. The first-order valence-electron chi connectivity index (χ1n) is 7.71. The van der Waals surface area contributed by atoms with E-state index in [-0.39, 0.29) is 5.75 Å². The normalized spacial score (nSPS) is 28.0. The zero-order valence-electron chi connectivity index (χ0n) is 13.7. The van der Waals surface area contributed by atoms with Gasteiger partial charge in [0.2, 0.25) is 11.8 Å². The lowest BCUT2D eigenvalue weighted by Crippen LogP contribution is -2.71. The zero-order chi connectivity index (χ0) is 18.5. The summed E-state index contributed by atoms with van der Waals surface area (Å²) >= 11 is 1.35. The number of fused-ring (bicyclic) bond motifs is 1. The Morgan fingerprint density at radius 2 is 1.92 bits per heavy atom. The fourth-order valence-corrected chi connectivity index (χ4v) is 4.85. The largest absolute Gasteiger partial charge is 0.508 e. The smallest absolute Gasteiger partial charge is 0.327 e. The minimum Gasteiger partial charge on any atom is -0.508 e. The number of phenols is 1. The van der Waals surface area contributed by atoms with E-state index in [4.69, 9.17) is 5.73 Å². The lowest BCUT2D eigenvalue weighted by Gasteiger charge is -2.43. The number of aliphatic carboxylic acids is 1. The van der Waals surface area contributed by atoms with Gasteiger partial charge in [0.15, 0.2) is 0 Å². The van der Waals surface area contributed by atoms with Crippen LogP contribution in [0.25, 0.3) is 0 Å².